The van der Waals surface area contributed by atoms with Gasteiger partial charge in [-0.3, -0.25) is 0 Å². The summed E-state index contributed by atoms with van der Waals surface area (Å²) in [5.74, 6) is -1.13. The molecule has 0 aromatic carbocycles. The minimum Gasteiger partial charge on any atom is -0.465 e. The number of methoxy groups -OCH3 is 2. The molecule has 0 amide bonds. The van der Waals surface area contributed by atoms with Gasteiger partial charge in [0.05, 0.1) is 25.4 Å². The van der Waals surface area contributed by atoms with Gasteiger partial charge in [0.1, 0.15) is 0 Å². The van der Waals surface area contributed by atoms with Crippen LogP contribution in [0.1, 0.15) is 0 Å². The summed E-state index contributed by atoms with van der Waals surface area (Å²) < 4.78 is 9.29. The van der Waals surface area contributed by atoms with Gasteiger partial charge in [-0.25, -0.2) is 9.59 Å². The average molecular weight is 237 g/mol. The van der Waals surface area contributed by atoms with Gasteiger partial charge in [0.2, 0.25) is 0 Å². The molecule has 1 aliphatic heterocycles. The summed E-state index contributed by atoms with van der Waals surface area (Å²) in [6.07, 6.45) is 6.69. The fraction of sp³-hybridized carbons (Fsp3) is 0.333. The highest BCUT2D eigenvalue weighted by molar-refractivity contribution is 6.07. The molecule has 0 radical (unpaired) electrons. The van der Waals surface area contributed by atoms with E-state index in [1.165, 1.54) is 14.2 Å². The van der Waals surface area contributed by atoms with E-state index in [4.69, 9.17) is 0 Å². The third kappa shape index (κ3) is 3.21. The van der Waals surface area contributed by atoms with Crippen LogP contribution < -0.4 is 0 Å². The number of esters is 2. The number of ether oxygens (including phenoxy) is 2. The Hall–Kier alpha value is -2.04. The first-order valence-corrected chi connectivity index (χ1v) is 5.06. The molecule has 0 atom stereocenters. The predicted octanol–water partition coefficient (Wildman–Crippen LogP) is 0.644. The Balaban J connectivity index is 3.21. The molecule has 1 rings (SSSR count). The molecule has 5 nitrogen and oxygen atoms in total. The Bertz CT molecular complexity index is 407. The van der Waals surface area contributed by atoms with Crippen LogP contribution in [-0.4, -0.2) is 44.7 Å². The van der Waals surface area contributed by atoms with E-state index in [-0.39, 0.29) is 11.1 Å². The number of nitrogens with zero attached hydrogens (tertiary/aromatic N) is 1. The minimum atomic E-state index is -0.568. The summed E-state index contributed by atoms with van der Waals surface area (Å²) >= 11 is 0. The smallest absolute Gasteiger partial charge is 0.340 e. The second-order valence-corrected chi connectivity index (χ2v) is 3.47. The molecule has 1 heterocycles. The lowest BCUT2D eigenvalue weighted by Gasteiger charge is -2.16. The zero-order valence-corrected chi connectivity index (χ0v) is 10.1. The predicted molar refractivity (Wildman–Crippen MR) is 62.0 cm³/mol. The molecule has 1 aliphatic rings. The monoisotopic (exact) mass is 237 g/mol. The van der Waals surface area contributed by atoms with Crippen LogP contribution in [-0.2, 0) is 19.1 Å². The largest absolute Gasteiger partial charge is 0.465 e. The van der Waals surface area contributed by atoms with Gasteiger partial charge in [-0.1, -0.05) is 12.2 Å². The maximum absolute atomic E-state index is 11.6. The third-order valence-corrected chi connectivity index (χ3v) is 2.24. The lowest BCUT2D eigenvalue weighted by atomic mass is 10.1. The highest BCUT2D eigenvalue weighted by Crippen LogP contribution is 2.16. The number of hydrogen-bond donors (Lipinski definition) is 0. The van der Waals surface area contributed by atoms with Crippen molar-refractivity contribution in [2.75, 3.05) is 27.8 Å². The van der Waals surface area contributed by atoms with Crippen molar-refractivity contribution in [1.82, 2.24) is 4.90 Å². The second kappa shape index (κ2) is 5.89. The first kappa shape index (κ1) is 13.0. The molecule has 17 heavy (non-hydrogen) atoms. The van der Waals surface area contributed by atoms with Crippen molar-refractivity contribution in [2.45, 2.75) is 0 Å². The number of allylic oxidation sites excluding steroid dienone is 2. The van der Waals surface area contributed by atoms with Crippen LogP contribution in [0.5, 0.6) is 0 Å². The molecule has 0 saturated carbocycles. The van der Waals surface area contributed by atoms with Crippen molar-refractivity contribution in [1.29, 1.82) is 0 Å². The number of rotatable bonds is 2. The van der Waals surface area contributed by atoms with E-state index in [0.717, 1.165) is 0 Å². The van der Waals surface area contributed by atoms with Gasteiger partial charge in [0, 0.05) is 19.8 Å². The molecule has 5 heteroatoms. The van der Waals surface area contributed by atoms with Crippen LogP contribution in [0, 0.1) is 0 Å². The third-order valence-electron chi connectivity index (χ3n) is 2.24. The fourth-order valence-corrected chi connectivity index (χ4v) is 1.38. The van der Waals surface area contributed by atoms with Gasteiger partial charge in [0.15, 0.2) is 0 Å². The van der Waals surface area contributed by atoms with Gasteiger partial charge < -0.3 is 14.4 Å². The van der Waals surface area contributed by atoms with E-state index in [9.17, 15) is 9.59 Å². The molecule has 0 aromatic rings. The quantitative estimate of drug-likeness (QED) is 0.660. The Morgan fingerprint density at radius 2 is 1.76 bits per heavy atom. The highest BCUT2D eigenvalue weighted by Gasteiger charge is 2.22. The Kier molecular flexibility index (Phi) is 4.51. The number of hydrogen-bond acceptors (Lipinski definition) is 5. The van der Waals surface area contributed by atoms with Crippen molar-refractivity contribution in [3.63, 3.8) is 0 Å². The lowest BCUT2D eigenvalue weighted by molar-refractivity contribution is -0.139. The van der Waals surface area contributed by atoms with Gasteiger partial charge in [-0.15, -0.1) is 0 Å². The molecule has 0 unspecified atom stereocenters. The summed E-state index contributed by atoms with van der Waals surface area (Å²) in [5, 5.41) is 0. The first-order chi connectivity index (χ1) is 8.10. The van der Waals surface area contributed by atoms with Gasteiger partial charge in [0.25, 0.3) is 0 Å². The van der Waals surface area contributed by atoms with E-state index < -0.39 is 11.9 Å². The fourth-order valence-electron chi connectivity index (χ4n) is 1.38. The maximum Gasteiger partial charge on any atom is 0.340 e. The molecular formula is C12H15NO4. The van der Waals surface area contributed by atoms with Crippen molar-refractivity contribution < 1.29 is 19.1 Å². The molecule has 0 aromatic heterocycles. The molecule has 0 N–H and O–H groups in total. The summed E-state index contributed by atoms with van der Waals surface area (Å²) in [5.41, 5.74) is 0.369. The van der Waals surface area contributed by atoms with Gasteiger partial charge >= 0.3 is 11.9 Å². The maximum atomic E-state index is 11.6. The van der Waals surface area contributed by atoms with Crippen LogP contribution in [0.25, 0.3) is 0 Å². The van der Waals surface area contributed by atoms with E-state index >= 15 is 0 Å². The molecule has 0 aliphatic carbocycles. The molecule has 0 fully saturated rings. The van der Waals surface area contributed by atoms with Crippen molar-refractivity contribution >= 4 is 11.9 Å². The van der Waals surface area contributed by atoms with Crippen LogP contribution in [0.15, 0.2) is 35.6 Å². The molecular weight excluding hydrogens is 222 g/mol. The number of carbonyl (C=O) groups is 2. The van der Waals surface area contributed by atoms with Crippen LogP contribution in [0.3, 0.4) is 0 Å². The van der Waals surface area contributed by atoms with E-state index in [1.54, 1.807) is 30.3 Å². The zero-order chi connectivity index (χ0) is 12.8. The highest BCUT2D eigenvalue weighted by atomic mass is 16.5. The van der Waals surface area contributed by atoms with Crippen molar-refractivity contribution in [3.05, 3.63) is 35.6 Å². The van der Waals surface area contributed by atoms with Gasteiger partial charge in [-0.2, -0.15) is 0 Å². The summed E-state index contributed by atoms with van der Waals surface area (Å²) in [7, 11) is 4.34. The number of likely N-dealkylation sites (N-methyl/N-ethyl adjacent to an activating group) is 1. The molecule has 0 saturated heterocycles. The summed E-state index contributed by atoms with van der Waals surface area (Å²) in [6, 6.07) is 0. The molecule has 0 bridgehead atoms. The molecule has 0 spiro atoms. The van der Waals surface area contributed by atoms with Crippen LogP contribution in [0.2, 0.25) is 0 Å². The lowest BCUT2D eigenvalue weighted by Crippen LogP contribution is -2.20. The topological polar surface area (TPSA) is 55.8 Å². The first-order valence-electron chi connectivity index (χ1n) is 5.06. The SMILES string of the molecule is COC(=O)C1=CC=CCN(C)C=C1C(=O)OC. The van der Waals surface area contributed by atoms with Crippen molar-refractivity contribution in [3.8, 4) is 0 Å². The van der Waals surface area contributed by atoms with Crippen LogP contribution >= 0.6 is 0 Å². The Labute approximate surface area is 100.0 Å². The van der Waals surface area contributed by atoms with E-state index in [1.807, 2.05) is 6.08 Å². The van der Waals surface area contributed by atoms with E-state index in [0.29, 0.717) is 6.54 Å². The molecule has 92 valence electrons. The standard InChI is InChI=1S/C12H15NO4/c1-13-7-5-4-6-9(11(14)16-2)10(8-13)12(15)17-3/h4-6,8H,7H2,1-3H3. The minimum absolute atomic E-state index is 0.183. The van der Waals surface area contributed by atoms with Crippen molar-refractivity contribution in [2.24, 2.45) is 0 Å². The Morgan fingerprint density at radius 3 is 2.35 bits per heavy atom. The average Bonchev–Trinajstić information content (AvgIpc) is 2.32. The summed E-state index contributed by atoms with van der Waals surface area (Å²) in [6.45, 7) is 0.644. The second-order valence-electron chi connectivity index (χ2n) is 3.47. The van der Waals surface area contributed by atoms with Crippen LogP contribution in [0.4, 0.5) is 0 Å². The van der Waals surface area contributed by atoms with Gasteiger partial charge in [-0.05, 0) is 6.08 Å². The summed E-state index contributed by atoms with van der Waals surface area (Å²) in [4.78, 5) is 25.0. The normalized spacial score (nSPS) is 15.4. The Morgan fingerprint density at radius 1 is 1.18 bits per heavy atom. The number of carbonyl (C=O) groups excluding carboxylic acids is 2. The van der Waals surface area contributed by atoms with E-state index in [2.05, 4.69) is 9.47 Å². The zero-order valence-electron chi connectivity index (χ0n) is 10.1.